The van der Waals surface area contributed by atoms with E-state index in [1.165, 1.54) is 11.8 Å². The number of rotatable bonds is 11. The number of hydrogen-bond donors (Lipinski definition) is 1. The van der Waals surface area contributed by atoms with Crippen molar-refractivity contribution >= 4 is 35.1 Å². The Labute approximate surface area is 219 Å². The molecule has 0 radical (unpaired) electrons. The topological polar surface area (TPSA) is 78.3 Å². The number of thioether (sulfide) groups is 2. The van der Waals surface area contributed by atoms with Crippen molar-refractivity contribution in [2.24, 2.45) is 0 Å². The highest BCUT2D eigenvalue weighted by atomic mass is 32.2. The molecule has 7 nitrogen and oxygen atoms in total. The van der Waals surface area contributed by atoms with Crippen LogP contribution >= 0.6 is 23.5 Å². The Balaban J connectivity index is 1.56. The van der Waals surface area contributed by atoms with Crippen molar-refractivity contribution in [2.45, 2.75) is 34.4 Å². The van der Waals surface area contributed by atoms with Gasteiger partial charge in [0.1, 0.15) is 17.3 Å². The lowest BCUT2D eigenvalue weighted by Gasteiger charge is -2.17. The molecule has 186 valence electrons. The number of carbonyl (C=O) groups excluding carboxylic acids is 1. The van der Waals surface area contributed by atoms with Crippen molar-refractivity contribution in [3.8, 4) is 17.2 Å². The van der Waals surface area contributed by atoms with E-state index in [0.717, 1.165) is 16.4 Å². The maximum Gasteiger partial charge on any atom is 0.238 e. The van der Waals surface area contributed by atoms with Crippen molar-refractivity contribution in [3.05, 3.63) is 84.7 Å². The van der Waals surface area contributed by atoms with Crippen LogP contribution in [0.2, 0.25) is 0 Å². The van der Waals surface area contributed by atoms with Crippen molar-refractivity contribution in [1.82, 2.24) is 14.8 Å². The number of methoxy groups -OCH3 is 2. The van der Waals surface area contributed by atoms with Crippen LogP contribution < -0.4 is 14.8 Å². The summed E-state index contributed by atoms with van der Waals surface area (Å²) < 4.78 is 12.7. The molecule has 1 atom stereocenters. The van der Waals surface area contributed by atoms with E-state index in [1.54, 1.807) is 44.2 Å². The van der Waals surface area contributed by atoms with Crippen LogP contribution in [0.25, 0.3) is 5.69 Å². The molecular formula is C27H28N4O3S2. The van der Waals surface area contributed by atoms with Gasteiger partial charge in [0.15, 0.2) is 5.16 Å². The number of nitrogens with one attached hydrogen (secondary N) is 1. The molecule has 9 heteroatoms. The van der Waals surface area contributed by atoms with Gasteiger partial charge in [0.05, 0.1) is 30.9 Å². The zero-order valence-electron chi connectivity index (χ0n) is 20.4. The predicted molar refractivity (Wildman–Crippen MR) is 145 cm³/mol. The van der Waals surface area contributed by atoms with Crippen molar-refractivity contribution in [3.63, 3.8) is 0 Å². The molecular weight excluding hydrogens is 492 g/mol. The molecule has 0 bridgehead atoms. The first-order valence-corrected chi connectivity index (χ1v) is 13.4. The predicted octanol–water partition coefficient (Wildman–Crippen LogP) is 6.09. The largest absolute Gasteiger partial charge is 0.497 e. The summed E-state index contributed by atoms with van der Waals surface area (Å²) in [5, 5.41) is 12.3. The number of aromatic nitrogens is 3. The van der Waals surface area contributed by atoms with Crippen LogP contribution in [0.4, 0.5) is 5.69 Å². The lowest BCUT2D eigenvalue weighted by atomic mass is 10.2. The van der Waals surface area contributed by atoms with E-state index in [1.807, 2.05) is 60.0 Å². The third-order valence-electron chi connectivity index (χ3n) is 5.40. The van der Waals surface area contributed by atoms with Gasteiger partial charge in [0, 0.05) is 16.6 Å². The summed E-state index contributed by atoms with van der Waals surface area (Å²) in [4.78, 5) is 14.4. The maximum absolute atomic E-state index is 13.3. The zero-order valence-corrected chi connectivity index (χ0v) is 22.0. The van der Waals surface area contributed by atoms with Gasteiger partial charge in [-0.2, -0.15) is 0 Å². The molecule has 1 amide bonds. The highest BCUT2D eigenvalue weighted by Gasteiger charge is 2.24. The number of benzene rings is 3. The lowest BCUT2D eigenvalue weighted by molar-refractivity contribution is -0.115. The smallest absolute Gasteiger partial charge is 0.238 e. The summed E-state index contributed by atoms with van der Waals surface area (Å²) in [6.07, 6.45) is 0.616. The average Bonchev–Trinajstić information content (AvgIpc) is 3.34. The Bertz CT molecular complexity index is 1280. The van der Waals surface area contributed by atoms with Crippen LogP contribution in [-0.2, 0) is 10.5 Å². The number of anilines is 1. The fourth-order valence-corrected chi connectivity index (χ4v) is 5.36. The summed E-state index contributed by atoms with van der Waals surface area (Å²) >= 11 is 3.10. The van der Waals surface area contributed by atoms with Crippen molar-refractivity contribution in [2.75, 3.05) is 19.5 Å². The molecule has 0 aliphatic heterocycles. The number of hydrogen-bond acceptors (Lipinski definition) is 7. The SMILES string of the molecule is CCC(Sc1nnc(CSc2ccccc2)n1-c1ccccc1)C(=O)Nc1ccc(OC)cc1OC. The van der Waals surface area contributed by atoms with Crippen LogP contribution in [0.1, 0.15) is 19.2 Å². The van der Waals surface area contributed by atoms with Gasteiger partial charge >= 0.3 is 0 Å². The van der Waals surface area contributed by atoms with E-state index in [9.17, 15) is 4.79 Å². The first kappa shape index (κ1) is 25.7. The van der Waals surface area contributed by atoms with Crippen LogP contribution in [0.5, 0.6) is 11.5 Å². The molecule has 0 saturated carbocycles. The summed E-state index contributed by atoms with van der Waals surface area (Å²) in [7, 11) is 3.15. The van der Waals surface area contributed by atoms with Gasteiger partial charge < -0.3 is 14.8 Å². The number of amides is 1. The minimum atomic E-state index is -0.377. The Kier molecular flexibility index (Phi) is 8.91. The summed E-state index contributed by atoms with van der Waals surface area (Å²) in [6.45, 7) is 1.98. The molecule has 1 N–H and O–H groups in total. The summed E-state index contributed by atoms with van der Waals surface area (Å²) in [5.74, 6) is 2.54. The Hall–Kier alpha value is -3.43. The number of para-hydroxylation sites is 1. The minimum Gasteiger partial charge on any atom is -0.497 e. The molecule has 0 aliphatic carbocycles. The molecule has 36 heavy (non-hydrogen) atoms. The summed E-state index contributed by atoms with van der Waals surface area (Å²) in [6, 6.07) is 25.5. The van der Waals surface area contributed by atoms with Gasteiger partial charge in [-0.3, -0.25) is 9.36 Å². The van der Waals surface area contributed by atoms with Gasteiger partial charge in [0.2, 0.25) is 5.91 Å². The number of ether oxygens (including phenoxy) is 2. The maximum atomic E-state index is 13.3. The van der Waals surface area contributed by atoms with E-state index in [2.05, 4.69) is 27.6 Å². The first-order chi connectivity index (χ1) is 17.6. The van der Waals surface area contributed by atoms with E-state index in [4.69, 9.17) is 9.47 Å². The molecule has 0 spiro atoms. The van der Waals surface area contributed by atoms with Crippen molar-refractivity contribution < 1.29 is 14.3 Å². The highest BCUT2D eigenvalue weighted by molar-refractivity contribution is 8.00. The van der Waals surface area contributed by atoms with Crippen LogP contribution in [0, 0.1) is 0 Å². The van der Waals surface area contributed by atoms with Crippen LogP contribution in [0.3, 0.4) is 0 Å². The fourth-order valence-electron chi connectivity index (χ4n) is 3.54. The third kappa shape index (κ3) is 6.22. The normalized spacial score (nSPS) is 11.6. The molecule has 4 aromatic rings. The monoisotopic (exact) mass is 520 g/mol. The van der Waals surface area contributed by atoms with Crippen molar-refractivity contribution in [1.29, 1.82) is 0 Å². The van der Waals surface area contributed by atoms with Gasteiger partial charge in [-0.1, -0.05) is 55.1 Å². The molecule has 0 aliphatic rings. The molecule has 0 saturated heterocycles. The quantitative estimate of drug-likeness (QED) is 0.240. The van der Waals surface area contributed by atoms with Gasteiger partial charge in [-0.15, -0.1) is 22.0 Å². The fraction of sp³-hybridized carbons (Fsp3) is 0.222. The number of carbonyl (C=O) groups is 1. The Morgan fingerprint density at radius 2 is 1.69 bits per heavy atom. The van der Waals surface area contributed by atoms with Crippen LogP contribution in [-0.4, -0.2) is 40.1 Å². The molecule has 1 heterocycles. The Morgan fingerprint density at radius 1 is 0.972 bits per heavy atom. The molecule has 0 fully saturated rings. The molecule has 4 rings (SSSR count). The van der Waals surface area contributed by atoms with E-state index < -0.39 is 0 Å². The summed E-state index contributed by atoms with van der Waals surface area (Å²) in [5.41, 5.74) is 1.55. The second-order valence-corrected chi connectivity index (χ2v) is 9.96. The minimum absolute atomic E-state index is 0.131. The second-order valence-electron chi connectivity index (χ2n) is 7.74. The van der Waals surface area contributed by atoms with E-state index in [0.29, 0.717) is 34.5 Å². The van der Waals surface area contributed by atoms with Gasteiger partial charge in [-0.05, 0) is 42.8 Å². The second kappa shape index (κ2) is 12.5. The average molecular weight is 521 g/mol. The zero-order chi connectivity index (χ0) is 25.3. The first-order valence-electron chi connectivity index (χ1n) is 11.5. The highest BCUT2D eigenvalue weighted by Crippen LogP contribution is 2.33. The lowest BCUT2D eigenvalue weighted by Crippen LogP contribution is -2.25. The molecule has 1 unspecified atom stereocenters. The molecule has 1 aromatic heterocycles. The van der Waals surface area contributed by atoms with Gasteiger partial charge in [-0.25, -0.2) is 0 Å². The third-order valence-corrected chi connectivity index (χ3v) is 7.72. The van der Waals surface area contributed by atoms with E-state index >= 15 is 0 Å². The Morgan fingerprint density at radius 3 is 2.36 bits per heavy atom. The van der Waals surface area contributed by atoms with E-state index in [-0.39, 0.29) is 11.2 Å². The number of nitrogens with zero attached hydrogens (tertiary/aromatic N) is 3. The standard InChI is InChI=1S/C27H28N4O3S2/c1-4-24(26(32)28-22-16-15-20(33-2)17-23(22)34-3)36-27-30-29-25(18-35-21-13-9-6-10-14-21)31(27)19-11-7-5-8-12-19/h5-17,24H,4,18H2,1-3H3,(H,28,32). The van der Waals surface area contributed by atoms with Gasteiger partial charge in [0.25, 0.3) is 0 Å². The molecule has 3 aromatic carbocycles. The van der Waals surface area contributed by atoms with Crippen LogP contribution in [0.15, 0.2) is 88.9 Å².